The van der Waals surface area contributed by atoms with Crippen LogP contribution in [0.2, 0.25) is 0 Å². The predicted molar refractivity (Wildman–Crippen MR) is 61.3 cm³/mol. The van der Waals surface area contributed by atoms with Gasteiger partial charge in [-0.3, -0.25) is 9.59 Å². The highest BCUT2D eigenvalue weighted by Crippen LogP contribution is 2.31. The van der Waals surface area contributed by atoms with Gasteiger partial charge >= 0.3 is 0 Å². The van der Waals surface area contributed by atoms with Crippen LogP contribution in [0.1, 0.15) is 24.8 Å². The van der Waals surface area contributed by atoms with Crippen molar-refractivity contribution in [3.63, 3.8) is 0 Å². The zero-order valence-corrected chi connectivity index (χ0v) is 9.53. The molecule has 0 saturated carbocycles. The lowest BCUT2D eigenvalue weighted by molar-refractivity contribution is -0.131. The summed E-state index contributed by atoms with van der Waals surface area (Å²) in [5.41, 5.74) is 3.24. The van der Waals surface area contributed by atoms with Crippen molar-refractivity contribution in [3.05, 3.63) is 29.8 Å². The lowest BCUT2D eigenvalue weighted by Gasteiger charge is -2.24. The number of amides is 2. The second-order valence-electron chi connectivity index (χ2n) is 3.93. The third-order valence-electron chi connectivity index (χ3n) is 2.68. The lowest BCUT2D eigenvalue weighted by atomic mass is 9.93. The molecule has 1 unspecified atom stereocenters. The van der Waals surface area contributed by atoms with Crippen LogP contribution in [0.15, 0.2) is 24.3 Å². The summed E-state index contributed by atoms with van der Waals surface area (Å²) in [6.07, 6.45) is 0.561. The van der Waals surface area contributed by atoms with E-state index in [0.717, 1.165) is 5.56 Å². The summed E-state index contributed by atoms with van der Waals surface area (Å²) in [5.74, 6) is 0.131. The van der Waals surface area contributed by atoms with Crippen molar-refractivity contribution in [1.82, 2.24) is 10.8 Å². The average Bonchev–Trinajstić information content (AvgIpc) is 2.32. The Morgan fingerprint density at radius 2 is 2.24 bits per heavy atom. The highest BCUT2D eigenvalue weighted by molar-refractivity contribution is 5.85. The molecule has 1 aromatic carbocycles. The smallest absolute Gasteiger partial charge is 0.260 e. The quantitative estimate of drug-likeness (QED) is 0.809. The highest BCUT2D eigenvalue weighted by atomic mass is 16.7. The highest BCUT2D eigenvalue weighted by Gasteiger charge is 2.28. The third kappa shape index (κ3) is 2.55. The minimum absolute atomic E-state index is 0.0919. The number of hydrogen-bond acceptors (Lipinski definition) is 3. The number of nitrogens with one attached hydrogen (secondary N) is 2. The van der Waals surface area contributed by atoms with Crippen LogP contribution in [0.5, 0.6) is 5.75 Å². The zero-order valence-electron chi connectivity index (χ0n) is 9.53. The molecule has 17 heavy (non-hydrogen) atoms. The largest absolute Gasteiger partial charge is 0.379 e. The molecule has 2 rings (SSSR count). The molecule has 1 heterocycles. The number of para-hydroxylation sites is 1. The first kappa shape index (κ1) is 11.4. The van der Waals surface area contributed by atoms with Crippen molar-refractivity contribution in [1.29, 1.82) is 0 Å². The predicted octanol–water partition coefficient (Wildman–Crippen LogP) is 0.720. The van der Waals surface area contributed by atoms with Crippen molar-refractivity contribution < 1.29 is 14.4 Å². The molecule has 5 nitrogen and oxygen atoms in total. The van der Waals surface area contributed by atoms with Gasteiger partial charge in [0.15, 0.2) is 5.75 Å². The van der Waals surface area contributed by atoms with Gasteiger partial charge in [-0.05, 0) is 12.5 Å². The molecule has 2 amide bonds. The van der Waals surface area contributed by atoms with Gasteiger partial charge in [0, 0.05) is 19.0 Å². The minimum Gasteiger partial charge on any atom is -0.379 e. The zero-order chi connectivity index (χ0) is 12.3. The van der Waals surface area contributed by atoms with Crippen molar-refractivity contribution in [2.24, 2.45) is 0 Å². The molecule has 2 N–H and O–H groups in total. The monoisotopic (exact) mass is 234 g/mol. The van der Waals surface area contributed by atoms with Gasteiger partial charge in [-0.15, -0.1) is 0 Å². The molecule has 0 aromatic heterocycles. The third-order valence-corrected chi connectivity index (χ3v) is 2.68. The second-order valence-corrected chi connectivity index (χ2v) is 3.93. The first-order valence-corrected chi connectivity index (χ1v) is 5.48. The number of fused-ring (bicyclic) bond motifs is 1. The first-order chi connectivity index (χ1) is 8.18. The fourth-order valence-electron chi connectivity index (χ4n) is 1.86. The maximum atomic E-state index is 11.7. The number of hydrogen-bond donors (Lipinski definition) is 2. The SMILES string of the molecule is CC(=O)NCCC1C(=O)NOc2ccccc21. The molecule has 1 aliphatic rings. The van der Waals surface area contributed by atoms with Crippen LogP contribution in [0, 0.1) is 0 Å². The Kier molecular flexibility index (Phi) is 3.27. The second kappa shape index (κ2) is 4.86. The van der Waals surface area contributed by atoms with Crippen LogP contribution in [0.3, 0.4) is 0 Å². The molecule has 0 spiro atoms. The van der Waals surface area contributed by atoms with Crippen molar-refractivity contribution in [3.8, 4) is 5.75 Å². The number of carbonyl (C=O) groups excluding carboxylic acids is 2. The van der Waals surface area contributed by atoms with E-state index in [4.69, 9.17) is 4.84 Å². The van der Waals surface area contributed by atoms with Gasteiger partial charge in [-0.1, -0.05) is 18.2 Å². The van der Waals surface area contributed by atoms with Gasteiger partial charge in [0.25, 0.3) is 5.91 Å². The normalized spacial score (nSPS) is 17.7. The van der Waals surface area contributed by atoms with Crippen LogP contribution in [0.25, 0.3) is 0 Å². The number of carbonyl (C=O) groups is 2. The Labute approximate surface area is 99.1 Å². The van der Waals surface area contributed by atoms with Crippen LogP contribution in [0.4, 0.5) is 0 Å². The average molecular weight is 234 g/mol. The van der Waals surface area contributed by atoms with E-state index in [1.807, 2.05) is 18.2 Å². The summed E-state index contributed by atoms with van der Waals surface area (Å²) in [7, 11) is 0. The summed E-state index contributed by atoms with van der Waals surface area (Å²) >= 11 is 0. The lowest BCUT2D eigenvalue weighted by Crippen LogP contribution is -2.38. The van der Waals surface area contributed by atoms with Gasteiger partial charge in [0.1, 0.15) is 0 Å². The molecule has 0 radical (unpaired) electrons. The van der Waals surface area contributed by atoms with E-state index in [9.17, 15) is 9.59 Å². The van der Waals surface area contributed by atoms with E-state index in [0.29, 0.717) is 18.7 Å². The van der Waals surface area contributed by atoms with E-state index in [1.54, 1.807) is 6.07 Å². The standard InChI is InChI=1S/C12H14N2O3/c1-8(15)13-7-6-10-9-4-2-3-5-11(9)17-14-12(10)16/h2-5,10H,6-7H2,1H3,(H,13,15)(H,14,16). The van der Waals surface area contributed by atoms with Gasteiger partial charge in [0.05, 0.1) is 5.92 Å². The fourth-order valence-corrected chi connectivity index (χ4v) is 1.86. The van der Waals surface area contributed by atoms with Crippen LogP contribution in [-0.4, -0.2) is 18.4 Å². The number of hydroxylamine groups is 1. The van der Waals surface area contributed by atoms with Crippen molar-refractivity contribution >= 4 is 11.8 Å². The molecule has 0 fully saturated rings. The molecule has 1 atom stereocenters. The maximum Gasteiger partial charge on any atom is 0.260 e. The molecule has 0 saturated heterocycles. The summed E-state index contributed by atoms with van der Waals surface area (Å²) in [4.78, 5) is 27.6. The van der Waals surface area contributed by atoms with E-state index in [2.05, 4.69) is 10.8 Å². The van der Waals surface area contributed by atoms with Gasteiger partial charge < -0.3 is 10.2 Å². The number of rotatable bonds is 3. The summed E-state index contributed by atoms with van der Waals surface area (Å²) in [6, 6.07) is 7.39. The molecule has 90 valence electrons. The Hall–Kier alpha value is -2.04. The molecule has 0 bridgehead atoms. The van der Waals surface area contributed by atoms with Crippen LogP contribution >= 0.6 is 0 Å². The molecule has 1 aromatic rings. The van der Waals surface area contributed by atoms with E-state index >= 15 is 0 Å². The molecular weight excluding hydrogens is 220 g/mol. The Balaban J connectivity index is 2.10. The maximum absolute atomic E-state index is 11.7. The Morgan fingerprint density at radius 1 is 1.47 bits per heavy atom. The van der Waals surface area contributed by atoms with Crippen molar-refractivity contribution in [2.75, 3.05) is 6.54 Å². The van der Waals surface area contributed by atoms with E-state index in [-0.39, 0.29) is 17.7 Å². The summed E-state index contributed by atoms with van der Waals surface area (Å²) in [5, 5.41) is 2.68. The van der Waals surface area contributed by atoms with E-state index < -0.39 is 0 Å². The topological polar surface area (TPSA) is 67.4 Å². The molecular formula is C12H14N2O3. The van der Waals surface area contributed by atoms with Gasteiger partial charge in [0.2, 0.25) is 5.91 Å². The Bertz CT molecular complexity index is 445. The summed E-state index contributed by atoms with van der Waals surface area (Å²) in [6.45, 7) is 1.93. The van der Waals surface area contributed by atoms with E-state index in [1.165, 1.54) is 6.92 Å². The Morgan fingerprint density at radius 3 is 3.00 bits per heavy atom. The first-order valence-electron chi connectivity index (χ1n) is 5.48. The molecule has 5 heteroatoms. The fraction of sp³-hybridized carbons (Fsp3) is 0.333. The van der Waals surface area contributed by atoms with Crippen molar-refractivity contribution in [2.45, 2.75) is 19.3 Å². The minimum atomic E-state index is -0.271. The van der Waals surface area contributed by atoms with Crippen LogP contribution in [-0.2, 0) is 9.59 Å². The molecule has 0 aliphatic carbocycles. The van der Waals surface area contributed by atoms with Gasteiger partial charge in [-0.2, -0.15) is 5.48 Å². The van der Waals surface area contributed by atoms with Gasteiger partial charge in [-0.25, -0.2) is 0 Å². The summed E-state index contributed by atoms with van der Waals surface area (Å²) < 4.78 is 0. The molecule has 1 aliphatic heterocycles. The van der Waals surface area contributed by atoms with Crippen LogP contribution < -0.4 is 15.6 Å². The number of benzene rings is 1.